The highest BCUT2D eigenvalue weighted by Gasteiger charge is 2.03. The Balaban J connectivity index is 2.07. The molecule has 3 nitrogen and oxygen atoms in total. The Bertz CT molecular complexity index is 311. The van der Waals surface area contributed by atoms with Crippen LogP contribution in [0.4, 0.5) is 0 Å². The Morgan fingerprint density at radius 2 is 2.26 bits per heavy atom. The summed E-state index contributed by atoms with van der Waals surface area (Å²) in [5, 5.41) is 6.71. The summed E-state index contributed by atoms with van der Waals surface area (Å²) in [5.74, 6) is 3.01. The van der Waals surface area contributed by atoms with Gasteiger partial charge in [-0.05, 0) is 32.1 Å². The van der Waals surface area contributed by atoms with E-state index in [-0.39, 0.29) is 0 Å². The number of hydrogen-bond donors (Lipinski definition) is 2. The Morgan fingerprint density at radius 1 is 1.42 bits per heavy atom. The van der Waals surface area contributed by atoms with Crippen molar-refractivity contribution in [3.05, 3.63) is 24.3 Å². The van der Waals surface area contributed by atoms with Gasteiger partial charge in [0, 0.05) is 31.6 Å². The molecule has 1 aliphatic rings. The second kappa shape index (κ2) is 11.0. The van der Waals surface area contributed by atoms with Crippen molar-refractivity contribution in [1.82, 2.24) is 10.6 Å². The van der Waals surface area contributed by atoms with Crippen molar-refractivity contribution in [3.63, 3.8) is 0 Å². The minimum atomic E-state index is 0.913. The molecule has 4 heteroatoms. The van der Waals surface area contributed by atoms with Crippen molar-refractivity contribution in [2.45, 2.75) is 32.1 Å². The summed E-state index contributed by atoms with van der Waals surface area (Å²) in [7, 11) is 1.83. The van der Waals surface area contributed by atoms with Gasteiger partial charge in [0.25, 0.3) is 0 Å². The quantitative estimate of drug-likeness (QED) is 0.311. The van der Waals surface area contributed by atoms with Crippen LogP contribution in [-0.2, 0) is 0 Å². The zero-order valence-corrected chi connectivity index (χ0v) is 12.9. The molecule has 0 saturated carbocycles. The molecule has 0 amide bonds. The van der Waals surface area contributed by atoms with Crippen LogP contribution in [0.2, 0.25) is 0 Å². The van der Waals surface area contributed by atoms with Gasteiger partial charge in [0.2, 0.25) is 0 Å². The fourth-order valence-electron chi connectivity index (χ4n) is 2.10. The molecule has 0 radical (unpaired) electrons. The number of aliphatic imine (C=N–C) groups is 1. The number of rotatable bonds is 8. The molecule has 0 unspecified atom stereocenters. The summed E-state index contributed by atoms with van der Waals surface area (Å²) < 4.78 is 0. The van der Waals surface area contributed by atoms with E-state index in [4.69, 9.17) is 0 Å². The van der Waals surface area contributed by atoms with E-state index in [2.05, 4.69) is 28.3 Å². The fourth-order valence-corrected chi connectivity index (χ4v) is 2.68. The molecule has 0 bridgehead atoms. The topological polar surface area (TPSA) is 36.4 Å². The molecule has 2 N–H and O–H groups in total. The maximum absolute atomic E-state index is 4.23. The van der Waals surface area contributed by atoms with E-state index in [1.165, 1.54) is 25.7 Å². The van der Waals surface area contributed by atoms with Crippen LogP contribution in [-0.4, -0.2) is 37.6 Å². The largest absolute Gasteiger partial charge is 0.356 e. The van der Waals surface area contributed by atoms with E-state index >= 15 is 0 Å². The third-order valence-corrected chi connectivity index (χ3v) is 4.09. The minimum Gasteiger partial charge on any atom is -0.356 e. The van der Waals surface area contributed by atoms with E-state index in [9.17, 15) is 0 Å². The van der Waals surface area contributed by atoms with Gasteiger partial charge in [-0.2, -0.15) is 11.8 Å². The lowest BCUT2D eigenvalue weighted by atomic mass is 9.97. The zero-order valence-electron chi connectivity index (χ0n) is 12.1. The fraction of sp³-hybridized carbons (Fsp3) is 0.667. The van der Waals surface area contributed by atoms with E-state index in [0.717, 1.165) is 37.0 Å². The van der Waals surface area contributed by atoms with Gasteiger partial charge in [-0.3, -0.25) is 4.99 Å². The van der Waals surface area contributed by atoms with Gasteiger partial charge >= 0.3 is 0 Å². The SMILES string of the molecule is C=CCSCCNC(=NC)NCCC1=CCCCC1. The third kappa shape index (κ3) is 7.98. The monoisotopic (exact) mass is 281 g/mol. The van der Waals surface area contributed by atoms with Crippen molar-refractivity contribution in [3.8, 4) is 0 Å². The summed E-state index contributed by atoms with van der Waals surface area (Å²) in [4.78, 5) is 4.23. The molecule has 0 aromatic carbocycles. The molecule has 1 rings (SSSR count). The average molecular weight is 281 g/mol. The van der Waals surface area contributed by atoms with Crippen LogP contribution >= 0.6 is 11.8 Å². The maximum atomic E-state index is 4.23. The average Bonchev–Trinajstić information content (AvgIpc) is 2.46. The standard InChI is InChI=1S/C15H27N3S/c1-3-12-19-13-11-18-15(16-2)17-10-9-14-7-5-4-6-8-14/h3,7H,1,4-6,8-13H2,2H3,(H2,16,17,18). The highest BCUT2D eigenvalue weighted by atomic mass is 32.2. The Morgan fingerprint density at radius 3 is 2.95 bits per heavy atom. The molecular weight excluding hydrogens is 254 g/mol. The van der Waals surface area contributed by atoms with Crippen LogP contribution in [0.5, 0.6) is 0 Å². The summed E-state index contributed by atoms with van der Waals surface area (Å²) in [6.07, 6.45) is 10.8. The van der Waals surface area contributed by atoms with Crippen LogP contribution in [0.1, 0.15) is 32.1 Å². The molecule has 0 atom stereocenters. The number of allylic oxidation sites excluding steroid dienone is 1. The number of nitrogens with one attached hydrogen (secondary N) is 2. The van der Waals surface area contributed by atoms with Crippen molar-refractivity contribution in [1.29, 1.82) is 0 Å². The van der Waals surface area contributed by atoms with E-state index in [0.29, 0.717) is 0 Å². The first kappa shape index (κ1) is 16.2. The first-order valence-electron chi connectivity index (χ1n) is 7.18. The zero-order chi connectivity index (χ0) is 13.8. The summed E-state index contributed by atoms with van der Waals surface area (Å²) >= 11 is 1.88. The number of hydrogen-bond acceptors (Lipinski definition) is 2. The van der Waals surface area contributed by atoms with Crippen molar-refractivity contribution < 1.29 is 0 Å². The van der Waals surface area contributed by atoms with E-state index in [1.54, 1.807) is 5.57 Å². The Labute approximate surface area is 122 Å². The van der Waals surface area contributed by atoms with Gasteiger partial charge in [-0.25, -0.2) is 0 Å². The molecule has 0 aromatic rings. The van der Waals surface area contributed by atoms with Gasteiger partial charge in [0.1, 0.15) is 0 Å². The van der Waals surface area contributed by atoms with Gasteiger partial charge in [-0.1, -0.05) is 17.7 Å². The lowest BCUT2D eigenvalue weighted by Crippen LogP contribution is -2.38. The molecule has 0 aliphatic heterocycles. The summed E-state index contributed by atoms with van der Waals surface area (Å²) in [5.41, 5.74) is 1.61. The summed E-state index contributed by atoms with van der Waals surface area (Å²) in [6, 6.07) is 0. The normalized spacial score (nSPS) is 15.8. The third-order valence-electron chi connectivity index (χ3n) is 3.12. The maximum Gasteiger partial charge on any atom is 0.191 e. The molecular formula is C15H27N3S. The second-order valence-corrected chi connectivity index (χ2v) is 5.80. The smallest absolute Gasteiger partial charge is 0.191 e. The Kier molecular flexibility index (Phi) is 9.33. The van der Waals surface area contributed by atoms with Gasteiger partial charge in [0.15, 0.2) is 5.96 Å². The van der Waals surface area contributed by atoms with Gasteiger partial charge < -0.3 is 10.6 Å². The van der Waals surface area contributed by atoms with Crippen molar-refractivity contribution >= 4 is 17.7 Å². The lowest BCUT2D eigenvalue weighted by molar-refractivity contribution is 0.666. The van der Waals surface area contributed by atoms with Crippen LogP contribution in [0, 0.1) is 0 Å². The number of guanidine groups is 1. The molecule has 0 aromatic heterocycles. The predicted octanol–water partition coefficient (Wildman–Crippen LogP) is 2.96. The van der Waals surface area contributed by atoms with Gasteiger partial charge in [-0.15, -0.1) is 6.58 Å². The Hall–Kier alpha value is -0.900. The van der Waals surface area contributed by atoms with Crippen LogP contribution in [0.15, 0.2) is 29.3 Å². The number of thioether (sulfide) groups is 1. The van der Waals surface area contributed by atoms with Crippen LogP contribution in [0.3, 0.4) is 0 Å². The van der Waals surface area contributed by atoms with Crippen LogP contribution < -0.4 is 10.6 Å². The number of nitrogens with zero attached hydrogens (tertiary/aromatic N) is 1. The summed E-state index contributed by atoms with van der Waals surface area (Å²) in [6.45, 7) is 5.63. The second-order valence-electron chi connectivity index (χ2n) is 4.65. The van der Waals surface area contributed by atoms with Crippen molar-refractivity contribution in [2.24, 2.45) is 4.99 Å². The van der Waals surface area contributed by atoms with Crippen LogP contribution in [0.25, 0.3) is 0 Å². The minimum absolute atomic E-state index is 0.913. The van der Waals surface area contributed by atoms with Gasteiger partial charge in [0.05, 0.1) is 0 Å². The molecule has 0 fully saturated rings. The lowest BCUT2D eigenvalue weighted by Gasteiger charge is -2.15. The molecule has 108 valence electrons. The highest BCUT2D eigenvalue weighted by Crippen LogP contribution is 2.19. The van der Waals surface area contributed by atoms with E-state index < -0.39 is 0 Å². The van der Waals surface area contributed by atoms with Crippen molar-refractivity contribution in [2.75, 3.05) is 31.6 Å². The first-order chi connectivity index (χ1) is 9.36. The molecule has 19 heavy (non-hydrogen) atoms. The molecule has 1 aliphatic carbocycles. The molecule has 0 saturated heterocycles. The highest BCUT2D eigenvalue weighted by molar-refractivity contribution is 7.99. The van der Waals surface area contributed by atoms with E-state index in [1.807, 2.05) is 24.9 Å². The predicted molar refractivity (Wildman–Crippen MR) is 88.1 cm³/mol. The first-order valence-corrected chi connectivity index (χ1v) is 8.33. The molecule has 0 spiro atoms. The molecule has 0 heterocycles.